The third kappa shape index (κ3) is 3.29. The summed E-state index contributed by atoms with van der Waals surface area (Å²) in [6.07, 6.45) is 3.82. The third-order valence-electron chi connectivity index (χ3n) is 4.51. The van der Waals surface area contributed by atoms with Crippen LogP contribution in [0.2, 0.25) is 5.02 Å². The van der Waals surface area contributed by atoms with Crippen LogP contribution in [0.1, 0.15) is 17.0 Å². The number of aromatic nitrogens is 2. The molecular weight excluding hydrogens is 356 g/mol. The van der Waals surface area contributed by atoms with Crippen LogP contribution in [0, 0.1) is 6.92 Å². The second kappa shape index (κ2) is 7.22. The Morgan fingerprint density at radius 3 is 2.44 bits per heavy atom. The summed E-state index contributed by atoms with van der Waals surface area (Å²) in [5.74, 6) is 0.563. The number of fused-ring (bicyclic) bond motifs is 1. The molecule has 0 amide bonds. The van der Waals surface area contributed by atoms with Crippen LogP contribution in [0.5, 0.6) is 0 Å². The van der Waals surface area contributed by atoms with E-state index in [1.165, 1.54) is 0 Å². The summed E-state index contributed by atoms with van der Waals surface area (Å²) >= 11 is 6.31. The largest absolute Gasteiger partial charge is 0.268 e. The molecule has 0 spiro atoms. The van der Waals surface area contributed by atoms with E-state index in [9.17, 15) is 4.79 Å². The van der Waals surface area contributed by atoms with E-state index in [0.29, 0.717) is 21.7 Å². The van der Waals surface area contributed by atoms with Crippen LogP contribution >= 0.6 is 11.6 Å². The van der Waals surface area contributed by atoms with Gasteiger partial charge in [0.15, 0.2) is 0 Å². The van der Waals surface area contributed by atoms with Crippen molar-refractivity contribution >= 4 is 34.7 Å². The predicted molar refractivity (Wildman–Crippen MR) is 112 cm³/mol. The maximum Gasteiger partial charge on any atom is 0.266 e. The van der Waals surface area contributed by atoms with Gasteiger partial charge in [-0.15, -0.1) is 0 Å². The van der Waals surface area contributed by atoms with Gasteiger partial charge < -0.3 is 0 Å². The zero-order valence-electron chi connectivity index (χ0n) is 14.8. The van der Waals surface area contributed by atoms with Crippen molar-refractivity contribution in [1.82, 2.24) is 9.55 Å². The molecule has 0 radical (unpaired) electrons. The first kappa shape index (κ1) is 17.3. The molecule has 0 aliphatic rings. The standard InChI is InChI=1S/C23H17ClN2O/c1-16-19(24)11-7-13-21(16)26-22(15-14-17-8-3-2-4-9-17)25-20-12-6-5-10-18(20)23(26)27/h2-15H,1H3. The normalized spacial score (nSPS) is 11.3. The molecule has 132 valence electrons. The lowest BCUT2D eigenvalue weighted by atomic mass is 10.1. The zero-order valence-corrected chi connectivity index (χ0v) is 15.5. The van der Waals surface area contributed by atoms with Crippen LogP contribution < -0.4 is 5.56 Å². The van der Waals surface area contributed by atoms with Gasteiger partial charge in [0.25, 0.3) is 5.56 Å². The van der Waals surface area contributed by atoms with Gasteiger partial charge in [-0.2, -0.15) is 0 Å². The van der Waals surface area contributed by atoms with E-state index < -0.39 is 0 Å². The van der Waals surface area contributed by atoms with E-state index in [0.717, 1.165) is 16.8 Å². The topological polar surface area (TPSA) is 34.9 Å². The molecule has 0 bridgehead atoms. The van der Waals surface area contributed by atoms with Gasteiger partial charge in [-0.1, -0.05) is 66.2 Å². The molecule has 0 fully saturated rings. The molecule has 3 nitrogen and oxygen atoms in total. The van der Waals surface area contributed by atoms with Crippen LogP contribution in [-0.2, 0) is 0 Å². The van der Waals surface area contributed by atoms with E-state index in [-0.39, 0.29) is 5.56 Å². The van der Waals surface area contributed by atoms with E-state index in [1.54, 1.807) is 10.6 Å². The molecule has 1 aromatic heterocycles. The van der Waals surface area contributed by atoms with Crippen molar-refractivity contribution in [1.29, 1.82) is 0 Å². The van der Waals surface area contributed by atoms with Gasteiger partial charge in [0.1, 0.15) is 5.82 Å². The van der Waals surface area contributed by atoms with E-state index in [1.807, 2.05) is 85.8 Å². The molecule has 0 aliphatic carbocycles. The summed E-state index contributed by atoms with van der Waals surface area (Å²) in [5.41, 5.74) is 3.17. The maximum absolute atomic E-state index is 13.3. The number of para-hydroxylation sites is 1. The quantitative estimate of drug-likeness (QED) is 0.474. The molecule has 0 atom stereocenters. The van der Waals surface area contributed by atoms with Crippen molar-refractivity contribution in [3.63, 3.8) is 0 Å². The molecule has 3 aromatic carbocycles. The average Bonchev–Trinajstić information content (AvgIpc) is 2.70. The molecular formula is C23H17ClN2O. The molecule has 1 heterocycles. The highest BCUT2D eigenvalue weighted by atomic mass is 35.5. The zero-order chi connectivity index (χ0) is 18.8. The Balaban J connectivity index is 2.00. The van der Waals surface area contributed by atoms with Gasteiger partial charge in [0, 0.05) is 5.02 Å². The number of hydrogen-bond acceptors (Lipinski definition) is 2. The molecule has 0 unspecified atom stereocenters. The fraction of sp³-hybridized carbons (Fsp3) is 0.0435. The second-order valence-electron chi connectivity index (χ2n) is 6.26. The van der Waals surface area contributed by atoms with Crippen molar-refractivity contribution in [3.8, 4) is 5.69 Å². The van der Waals surface area contributed by atoms with Crippen molar-refractivity contribution in [2.45, 2.75) is 6.92 Å². The highest BCUT2D eigenvalue weighted by Crippen LogP contribution is 2.23. The number of nitrogens with zero attached hydrogens (tertiary/aromatic N) is 2. The van der Waals surface area contributed by atoms with Gasteiger partial charge in [-0.25, -0.2) is 4.98 Å². The summed E-state index contributed by atoms with van der Waals surface area (Å²) in [6, 6.07) is 22.9. The highest BCUT2D eigenvalue weighted by molar-refractivity contribution is 6.31. The van der Waals surface area contributed by atoms with Crippen LogP contribution in [0.4, 0.5) is 0 Å². The van der Waals surface area contributed by atoms with Crippen LogP contribution in [0.25, 0.3) is 28.7 Å². The molecule has 4 heteroatoms. The first-order valence-corrected chi connectivity index (χ1v) is 9.03. The van der Waals surface area contributed by atoms with Gasteiger partial charge in [-0.3, -0.25) is 9.36 Å². The highest BCUT2D eigenvalue weighted by Gasteiger charge is 2.13. The Morgan fingerprint density at radius 2 is 1.63 bits per heavy atom. The Morgan fingerprint density at radius 1 is 0.889 bits per heavy atom. The molecule has 4 rings (SSSR count). The van der Waals surface area contributed by atoms with Gasteiger partial charge in [0.05, 0.1) is 16.6 Å². The summed E-state index contributed by atoms with van der Waals surface area (Å²) in [6.45, 7) is 1.91. The molecule has 27 heavy (non-hydrogen) atoms. The fourth-order valence-corrected chi connectivity index (χ4v) is 3.24. The van der Waals surface area contributed by atoms with Crippen molar-refractivity contribution in [2.24, 2.45) is 0 Å². The first-order valence-electron chi connectivity index (χ1n) is 8.65. The number of hydrogen-bond donors (Lipinski definition) is 0. The Hall–Kier alpha value is -3.17. The molecule has 4 aromatic rings. The smallest absolute Gasteiger partial charge is 0.266 e. The lowest BCUT2D eigenvalue weighted by molar-refractivity contribution is 0.934. The number of benzene rings is 3. The Labute approximate surface area is 162 Å². The molecule has 0 N–H and O–H groups in total. The van der Waals surface area contributed by atoms with Crippen LogP contribution in [0.3, 0.4) is 0 Å². The van der Waals surface area contributed by atoms with E-state index >= 15 is 0 Å². The summed E-state index contributed by atoms with van der Waals surface area (Å²) in [7, 11) is 0. The number of rotatable bonds is 3. The monoisotopic (exact) mass is 372 g/mol. The van der Waals surface area contributed by atoms with E-state index in [4.69, 9.17) is 16.6 Å². The van der Waals surface area contributed by atoms with Crippen LogP contribution in [0.15, 0.2) is 77.6 Å². The minimum absolute atomic E-state index is 0.112. The van der Waals surface area contributed by atoms with Crippen molar-refractivity contribution in [2.75, 3.05) is 0 Å². The third-order valence-corrected chi connectivity index (χ3v) is 4.92. The van der Waals surface area contributed by atoms with Gasteiger partial charge in [0.2, 0.25) is 0 Å². The van der Waals surface area contributed by atoms with Crippen LogP contribution in [-0.4, -0.2) is 9.55 Å². The minimum Gasteiger partial charge on any atom is -0.268 e. The first-order chi connectivity index (χ1) is 13.1. The minimum atomic E-state index is -0.112. The maximum atomic E-state index is 13.3. The fourth-order valence-electron chi connectivity index (χ4n) is 3.07. The lowest BCUT2D eigenvalue weighted by Gasteiger charge is -2.14. The Bertz CT molecular complexity index is 1210. The summed E-state index contributed by atoms with van der Waals surface area (Å²) in [4.78, 5) is 18.0. The van der Waals surface area contributed by atoms with Gasteiger partial charge in [-0.05, 0) is 48.4 Å². The molecule has 0 saturated heterocycles. The van der Waals surface area contributed by atoms with Crippen molar-refractivity contribution < 1.29 is 0 Å². The van der Waals surface area contributed by atoms with Crippen molar-refractivity contribution in [3.05, 3.63) is 105 Å². The lowest BCUT2D eigenvalue weighted by Crippen LogP contribution is -2.23. The molecule has 0 saturated carbocycles. The summed E-state index contributed by atoms with van der Waals surface area (Å²) < 4.78 is 1.63. The molecule has 0 aliphatic heterocycles. The van der Waals surface area contributed by atoms with Gasteiger partial charge >= 0.3 is 0 Å². The SMILES string of the molecule is Cc1c(Cl)cccc1-n1c(C=Cc2ccccc2)nc2ccccc2c1=O. The Kier molecular flexibility index (Phi) is 4.61. The average molecular weight is 373 g/mol. The summed E-state index contributed by atoms with van der Waals surface area (Å²) in [5, 5.41) is 1.19. The van der Waals surface area contributed by atoms with E-state index in [2.05, 4.69) is 0 Å². The second-order valence-corrected chi connectivity index (χ2v) is 6.66. The predicted octanol–water partition coefficient (Wildman–Crippen LogP) is 5.52. The number of halogens is 1.